The Labute approximate surface area is 159 Å². The molecule has 0 heterocycles. The van der Waals surface area contributed by atoms with E-state index in [2.05, 4.69) is 4.74 Å². The highest BCUT2D eigenvalue weighted by atomic mass is 32.3. The number of hydrogen-bond acceptors (Lipinski definition) is 7. The van der Waals surface area contributed by atoms with Gasteiger partial charge in [-0.3, -0.25) is 0 Å². The maximum absolute atomic E-state index is 13.2. The molecule has 0 atom stereocenters. The second-order valence-electron chi connectivity index (χ2n) is 4.40. The van der Waals surface area contributed by atoms with Crippen LogP contribution in [-0.4, -0.2) is 18.8 Å². The topological polar surface area (TPSA) is 46.5 Å². The Bertz CT molecular complexity index is 375. The standard InChI is InChI=1S/C11H15F5O3S5/c12-20-10(21-13,11(22-14,23-15)24-16)7-5-3-1-2-4-6-8-19-9(17)18/h6,8H,1-5,7H2,(H,17,18)/b8-6+. The Morgan fingerprint density at radius 3 is 1.92 bits per heavy atom. The van der Waals surface area contributed by atoms with Gasteiger partial charge in [-0.2, -0.15) is 19.4 Å². The highest BCUT2D eigenvalue weighted by molar-refractivity contribution is 8.32. The summed E-state index contributed by atoms with van der Waals surface area (Å²) in [6, 6.07) is 0. The first-order chi connectivity index (χ1) is 11.5. The summed E-state index contributed by atoms with van der Waals surface area (Å²) in [6.45, 7) is 0. The van der Waals surface area contributed by atoms with Crippen LogP contribution in [0.15, 0.2) is 12.3 Å². The van der Waals surface area contributed by atoms with Gasteiger partial charge < -0.3 is 9.84 Å². The monoisotopic (exact) mass is 450 g/mol. The lowest BCUT2D eigenvalue weighted by Crippen LogP contribution is -2.38. The van der Waals surface area contributed by atoms with Crippen LogP contribution in [0, 0.1) is 0 Å². The van der Waals surface area contributed by atoms with Gasteiger partial charge in [0.25, 0.3) is 0 Å². The Balaban J connectivity index is 4.32. The van der Waals surface area contributed by atoms with Crippen LogP contribution in [0.25, 0.3) is 0 Å². The van der Waals surface area contributed by atoms with Crippen LogP contribution < -0.4 is 0 Å². The first kappa shape index (κ1) is 24.4. The van der Waals surface area contributed by atoms with Crippen LogP contribution in [0.5, 0.6) is 0 Å². The molecule has 0 fully saturated rings. The molecular formula is C11H15F5O3S5. The predicted molar refractivity (Wildman–Crippen MR) is 94.9 cm³/mol. The summed E-state index contributed by atoms with van der Waals surface area (Å²) in [7, 11) is 0. The molecule has 1 N–H and O–H groups in total. The number of hydrogen-bond donors (Lipinski definition) is 1. The van der Waals surface area contributed by atoms with Crippen molar-refractivity contribution < 1.29 is 34.1 Å². The second-order valence-corrected chi connectivity index (χ2v) is 9.44. The molecule has 0 aliphatic heterocycles. The molecular weight excluding hydrogens is 435 g/mol. The summed E-state index contributed by atoms with van der Waals surface area (Å²) >= 11 is -3.50. The number of carboxylic acid groups (broad SMARTS) is 1. The molecule has 24 heavy (non-hydrogen) atoms. The van der Waals surface area contributed by atoms with E-state index in [1.54, 1.807) is 0 Å². The number of allylic oxidation sites excluding steroid dienone is 1. The largest absolute Gasteiger partial charge is 0.510 e. The van der Waals surface area contributed by atoms with Crippen LogP contribution in [0.1, 0.15) is 38.5 Å². The Morgan fingerprint density at radius 1 is 0.917 bits per heavy atom. The van der Waals surface area contributed by atoms with Crippen LogP contribution in [0.2, 0.25) is 0 Å². The van der Waals surface area contributed by atoms with Crippen molar-refractivity contribution in [2.24, 2.45) is 0 Å². The minimum atomic E-state index is -2.58. The molecule has 0 radical (unpaired) electrons. The molecule has 0 amide bonds. The molecule has 3 nitrogen and oxygen atoms in total. The highest BCUT2D eigenvalue weighted by Gasteiger charge is 2.60. The minimum absolute atomic E-state index is 0.243. The number of halogens is 5. The fourth-order valence-electron chi connectivity index (χ4n) is 1.70. The third-order valence-electron chi connectivity index (χ3n) is 2.91. The number of carbonyl (C=O) groups is 1. The van der Waals surface area contributed by atoms with Crippen molar-refractivity contribution in [1.82, 2.24) is 0 Å². The zero-order chi connectivity index (χ0) is 18.5. The van der Waals surface area contributed by atoms with E-state index >= 15 is 0 Å². The van der Waals surface area contributed by atoms with E-state index in [-0.39, 0.29) is 12.8 Å². The summed E-state index contributed by atoms with van der Waals surface area (Å²) in [5, 5.41) is 8.21. The zero-order valence-corrected chi connectivity index (χ0v) is 16.2. The van der Waals surface area contributed by atoms with Gasteiger partial charge in [0.05, 0.1) is 67.0 Å². The molecule has 0 aromatic heterocycles. The number of ether oxygens (including phenoxy) is 1. The first-order valence-corrected chi connectivity index (χ1v) is 10.1. The maximum atomic E-state index is 13.2. The molecule has 0 bridgehead atoms. The van der Waals surface area contributed by atoms with Crippen molar-refractivity contribution in [2.75, 3.05) is 0 Å². The summed E-state index contributed by atoms with van der Waals surface area (Å²) < 4.78 is 64.6. The molecule has 0 aliphatic carbocycles. The molecule has 142 valence electrons. The SMILES string of the molecule is O=C(O)O/C=C/CCCCCCC(SF)(SF)C(SF)(SF)SF. The van der Waals surface area contributed by atoms with E-state index in [4.69, 9.17) is 5.11 Å². The smallest absolute Gasteiger partial charge is 0.449 e. The molecule has 0 aromatic carbocycles. The molecule has 0 aromatic rings. The minimum Gasteiger partial charge on any atom is -0.449 e. The predicted octanol–water partition coefficient (Wildman–Crippen LogP) is 7.97. The lowest BCUT2D eigenvalue weighted by atomic mass is 10.1. The van der Waals surface area contributed by atoms with Gasteiger partial charge >= 0.3 is 6.16 Å². The van der Waals surface area contributed by atoms with Gasteiger partial charge in [-0.05, 0) is 25.3 Å². The summed E-state index contributed by atoms with van der Waals surface area (Å²) in [4.78, 5) is 10.1. The lowest BCUT2D eigenvalue weighted by Gasteiger charge is -2.35. The summed E-state index contributed by atoms with van der Waals surface area (Å²) in [5.41, 5.74) is 0. The average Bonchev–Trinajstić information content (AvgIpc) is 2.60. The molecule has 0 saturated carbocycles. The van der Waals surface area contributed by atoms with Gasteiger partial charge in [-0.25, -0.2) is 4.79 Å². The van der Waals surface area contributed by atoms with E-state index in [1.165, 1.54) is 6.08 Å². The van der Waals surface area contributed by atoms with Gasteiger partial charge in [0.1, 0.15) is 0 Å². The van der Waals surface area contributed by atoms with Crippen molar-refractivity contribution in [1.29, 1.82) is 0 Å². The Hall–Kier alpha value is 0.410. The fraction of sp³-hybridized carbons (Fsp3) is 0.727. The van der Waals surface area contributed by atoms with Crippen LogP contribution in [0.4, 0.5) is 24.2 Å². The van der Waals surface area contributed by atoms with Gasteiger partial charge in [0.15, 0.2) is 4.08 Å². The molecule has 0 saturated heterocycles. The lowest BCUT2D eigenvalue weighted by molar-refractivity contribution is 0.128. The first-order valence-electron chi connectivity index (χ1n) is 6.50. The molecule has 0 spiro atoms. The third-order valence-corrected chi connectivity index (χ3v) is 8.37. The number of rotatable bonds is 14. The van der Waals surface area contributed by atoms with E-state index in [1.807, 2.05) is 0 Å². The molecule has 13 heteroatoms. The Kier molecular flexibility index (Phi) is 13.8. The van der Waals surface area contributed by atoms with Crippen molar-refractivity contribution in [2.45, 2.75) is 46.0 Å². The fourth-order valence-corrected chi connectivity index (χ4v) is 4.50. The van der Waals surface area contributed by atoms with Crippen molar-refractivity contribution >= 4 is 66.9 Å². The third kappa shape index (κ3) is 7.34. The molecule has 0 unspecified atom stereocenters. The van der Waals surface area contributed by atoms with Crippen LogP contribution >= 0.6 is 60.7 Å². The van der Waals surface area contributed by atoms with Gasteiger partial charge in [0, 0.05) is 0 Å². The van der Waals surface area contributed by atoms with E-state index in [9.17, 15) is 24.2 Å². The van der Waals surface area contributed by atoms with Crippen LogP contribution in [0.3, 0.4) is 0 Å². The van der Waals surface area contributed by atoms with E-state index in [0.717, 1.165) is 6.26 Å². The number of unbranched alkanes of at least 4 members (excludes halogenated alkanes) is 4. The van der Waals surface area contributed by atoms with E-state index < -0.39 is 74.4 Å². The van der Waals surface area contributed by atoms with E-state index in [0.29, 0.717) is 25.7 Å². The Morgan fingerprint density at radius 2 is 1.46 bits per heavy atom. The van der Waals surface area contributed by atoms with Crippen molar-refractivity contribution in [3.8, 4) is 0 Å². The normalized spacial score (nSPS) is 12.7. The van der Waals surface area contributed by atoms with Crippen molar-refractivity contribution in [3.63, 3.8) is 0 Å². The van der Waals surface area contributed by atoms with Crippen LogP contribution in [-0.2, 0) is 4.74 Å². The van der Waals surface area contributed by atoms with Crippen molar-refractivity contribution in [3.05, 3.63) is 12.3 Å². The summed E-state index contributed by atoms with van der Waals surface area (Å²) in [6.07, 6.45) is 3.47. The quantitative estimate of drug-likeness (QED) is 0.0939. The summed E-state index contributed by atoms with van der Waals surface area (Å²) in [5.74, 6) is 0. The molecule has 0 rings (SSSR count). The average molecular weight is 451 g/mol. The highest BCUT2D eigenvalue weighted by Crippen LogP contribution is 2.66. The molecule has 0 aliphatic rings. The maximum Gasteiger partial charge on any atom is 0.510 e. The zero-order valence-electron chi connectivity index (χ0n) is 12.1. The van der Waals surface area contributed by atoms with Gasteiger partial charge in [0.2, 0.25) is 3.41 Å². The van der Waals surface area contributed by atoms with Gasteiger partial charge in [-0.1, -0.05) is 19.3 Å². The van der Waals surface area contributed by atoms with Gasteiger partial charge in [-0.15, -0.1) is 0 Å². The second kappa shape index (κ2) is 13.6.